The zero-order valence-corrected chi connectivity index (χ0v) is 27.5. The fourth-order valence-electron chi connectivity index (χ4n) is 8.40. The van der Waals surface area contributed by atoms with E-state index in [1.807, 2.05) is 0 Å². The third-order valence-electron chi connectivity index (χ3n) is 10.4. The second kappa shape index (κ2) is 11.6. The summed E-state index contributed by atoms with van der Waals surface area (Å²) in [6.07, 6.45) is 0. The highest BCUT2D eigenvalue weighted by Gasteiger charge is 2.22. The first-order valence-corrected chi connectivity index (χ1v) is 17.4. The van der Waals surface area contributed by atoms with Gasteiger partial charge in [-0.05, 0) is 98.4 Å². The van der Waals surface area contributed by atoms with Gasteiger partial charge < -0.3 is 0 Å². The molecule has 0 aromatic heterocycles. The summed E-state index contributed by atoms with van der Waals surface area (Å²) in [4.78, 5) is 0. The molecule has 0 nitrogen and oxygen atoms in total. The predicted octanol–water partition coefficient (Wildman–Crippen LogP) is 14.1. The molecule has 0 aliphatic heterocycles. The molecule has 10 rings (SSSR count). The highest BCUT2D eigenvalue weighted by molar-refractivity contribution is 6.34. The van der Waals surface area contributed by atoms with Gasteiger partial charge in [0.15, 0.2) is 0 Å². The smallest absolute Gasteiger partial charge is 0.00139 e. The summed E-state index contributed by atoms with van der Waals surface area (Å²) < 4.78 is 0. The lowest BCUT2D eigenvalue weighted by molar-refractivity contribution is 1.65. The number of hydrogen-bond acceptors (Lipinski definition) is 0. The first-order chi connectivity index (χ1) is 24.9. The molecule has 0 aliphatic rings. The molecule has 0 radical (unpaired) electrons. The van der Waals surface area contributed by atoms with E-state index in [0.717, 1.165) is 0 Å². The Bertz CT molecular complexity index is 2670. The second-order valence-corrected chi connectivity index (χ2v) is 13.1. The van der Waals surface area contributed by atoms with E-state index >= 15 is 0 Å². The maximum Gasteiger partial charge on any atom is -0.00139 e. The minimum atomic E-state index is 1.23. The maximum atomic E-state index is 2.39. The van der Waals surface area contributed by atoms with Gasteiger partial charge in [-0.2, -0.15) is 0 Å². The molecule has 0 N–H and O–H groups in total. The van der Waals surface area contributed by atoms with E-state index < -0.39 is 0 Å². The van der Waals surface area contributed by atoms with Crippen molar-refractivity contribution in [1.82, 2.24) is 0 Å². The monoisotopic (exact) mass is 632 g/mol. The molecule has 0 heterocycles. The summed E-state index contributed by atoms with van der Waals surface area (Å²) in [7, 11) is 0. The van der Waals surface area contributed by atoms with Gasteiger partial charge in [0.2, 0.25) is 0 Å². The van der Waals surface area contributed by atoms with Crippen LogP contribution < -0.4 is 0 Å². The SMILES string of the molecule is c1ccc(-c2c3ccccc3c(-c3ccccc3)c3c2ccc2c3ccc3c(-c4ccccc4)c4ccccc4c(-c4ccccc4)c32)cc1. The van der Waals surface area contributed by atoms with Gasteiger partial charge in [0.25, 0.3) is 0 Å². The fraction of sp³-hybridized carbons (Fsp3) is 0. The molecular formula is C50H32. The van der Waals surface area contributed by atoms with Crippen LogP contribution in [-0.4, -0.2) is 0 Å². The van der Waals surface area contributed by atoms with E-state index in [4.69, 9.17) is 0 Å². The van der Waals surface area contributed by atoms with Crippen LogP contribution in [0.1, 0.15) is 0 Å². The van der Waals surface area contributed by atoms with Crippen LogP contribution in [0.25, 0.3) is 98.4 Å². The van der Waals surface area contributed by atoms with Crippen LogP contribution in [0.3, 0.4) is 0 Å². The first kappa shape index (κ1) is 28.5. The van der Waals surface area contributed by atoms with Gasteiger partial charge in [-0.25, -0.2) is 0 Å². The summed E-state index contributed by atoms with van der Waals surface area (Å²) in [6.45, 7) is 0. The van der Waals surface area contributed by atoms with Crippen molar-refractivity contribution in [2.45, 2.75) is 0 Å². The van der Waals surface area contributed by atoms with E-state index in [0.29, 0.717) is 0 Å². The Morgan fingerprint density at radius 2 is 0.400 bits per heavy atom. The van der Waals surface area contributed by atoms with Crippen molar-refractivity contribution in [1.29, 1.82) is 0 Å². The topological polar surface area (TPSA) is 0 Å². The van der Waals surface area contributed by atoms with E-state index in [9.17, 15) is 0 Å². The minimum Gasteiger partial charge on any atom is -0.0622 e. The standard InChI is InChI=1S/C50H32/c1-5-17-33(18-6-1)45-37-25-13-15-27-39(37)47(35-21-9-3-10-22-35)49-41-30-32-44-46(34-19-7-2-8-20-34)38-26-14-16-28-40(38)48(36-23-11-4-12-24-36)50(44)42(41)29-31-43(45)49/h1-32H. The molecule has 10 aromatic carbocycles. The summed E-state index contributed by atoms with van der Waals surface area (Å²) in [5.41, 5.74) is 10.1. The van der Waals surface area contributed by atoms with Gasteiger partial charge >= 0.3 is 0 Å². The summed E-state index contributed by atoms with van der Waals surface area (Å²) in [6, 6.07) is 71.2. The molecule has 50 heavy (non-hydrogen) atoms. The zero-order valence-electron chi connectivity index (χ0n) is 27.5. The molecule has 0 fully saturated rings. The first-order valence-electron chi connectivity index (χ1n) is 17.4. The van der Waals surface area contributed by atoms with Crippen LogP contribution >= 0.6 is 0 Å². The Kier molecular flexibility index (Phi) is 6.60. The molecule has 0 saturated heterocycles. The zero-order chi connectivity index (χ0) is 33.0. The quantitative estimate of drug-likeness (QED) is 0.134. The van der Waals surface area contributed by atoms with E-state index in [1.165, 1.54) is 98.4 Å². The van der Waals surface area contributed by atoms with E-state index in [2.05, 4.69) is 194 Å². The normalized spacial score (nSPS) is 11.6. The van der Waals surface area contributed by atoms with Crippen LogP contribution in [0.15, 0.2) is 194 Å². The fourth-order valence-corrected chi connectivity index (χ4v) is 8.40. The van der Waals surface area contributed by atoms with Crippen molar-refractivity contribution in [3.05, 3.63) is 194 Å². The predicted molar refractivity (Wildman–Crippen MR) is 216 cm³/mol. The van der Waals surface area contributed by atoms with Crippen LogP contribution in [0.4, 0.5) is 0 Å². The van der Waals surface area contributed by atoms with Gasteiger partial charge in [0.05, 0.1) is 0 Å². The van der Waals surface area contributed by atoms with E-state index in [1.54, 1.807) is 0 Å². The Morgan fingerprint density at radius 3 is 0.720 bits per heavy atom. The van der Waals surface area contributed by atoms with Gasteiger partial charge in [0.1, 0.15) is 0 Å². The number of rotatable bonds is 4. The number of fused-ring (bicyclic) bond motifs is 7. The van der Waals surface area contributed by atoms with Crippen molar-refractivity contribution in [3.63, 3.8) is 0 Å². The Labute approximate surface area is 291 Å². The Balaban J connectivity index is 1.48. The third kappa shape index (κ3) is 4.32. The van der Waals surface area contributed by atoms with Gasteiger partial charge in [0, 0.05) is 0 Å². The number of hydrogen-bond donors (Lipinski definition) is 0. The number of benzene rings is 10. The molecule has 0 saturated carbocycles. The summed E-state index contributed by atoms with van der Waals surface area (Å²) in [5, 5.41) is 12.7. The van der Waals surface area contributed by atoms with Crippen LogP contribution in [0.2, 0.25) is 0 Å². The molecular weight excluding hydrogens is 601 g/mol. The minimum absolute atomic E-state index is 1.23. The van der Waals surface area contributed by atoms with Crippen molar-refractivity contribution >= 4 is 53.9 Å². The van der Waals surface area contributed by atoms with Gasteiger partial charge in [-0.15, -0.1) is 0 Å². The lowest BCUT2D eigenvalue weighted by Gasteiger charge is -2.22. The molecule has 0 bridgehead atoms. The maximum absolute atomic E-state index is 2.39. The second-order valence-electron chi connectivity index (χ2n) is 13.1. The molecule has 0 unspecified atom stereocenters. The lowest BCUT2D eigenvalue weighted by Crippen LogP contribution is -1.94. The highest BCUT2D eigenvalue weighted by atomic mass is 14.2. The average molecular weight is 633 g/mol. The average Bonchev–Trinajstić information content (AvgIpc) is 3.20. The van der Waals surface area contributed by atoms with Crippen molar-refractivity contribution in [2.75, 3.05) is 0 Å². The molecule has 0 aliphatic carbocycles. The van der Waals surface area contributed by atoms with Crippen molar-refractivity contribution < 1.29 is 0 Å². The van der Waals surface area contributed by atoms with Gasteiger partial charge in [-0.3, -0.25) is 0 Å². The highest BCUT2D eigenvalue weighted by Crippen LogP contribution is 2.50. The largest absolute Gasteiger partial charge is 0.0622 e. The van der Waals surface area contributed by atoms with Crippen LogP contribution in [0.5, 0.6) is 0 Å². The molecule has 10 aromatic rings. The van der Waals surface area contributed by atoms with Crippen LogP contribution in [-0.2, 0) is 0 Å². The van der Waals surface area contributed by atoms with Crippen molar-refractivity contribution in [2.24, 2.45) is 0 Å². The summed E-state index contributed by atoms with van der Waals surface area (Å²) >= 11 is 0. The Morgan fingerprint density at radius 1 is 0.160 bits per heavy atom. The lowest BCUT2D eigenvalue weighted by atomic mass is 9.81. The van der Waals surface area contributed by atoms with Gasteiger partial charge in [-0.1, -0.05) is 194 Å². The summed E-state index contributed by atoms with van der Waals surface area (Å²) in [5.74, 6) is 0. The molecule has 232 valence electrons. The van der Waals surface area contributed by atoms with Crippen molar-refractivity contribution in [3.8, 4) is 44.5 Å². The molecule has 0 atom stereocenters. The molecule has 0 heteroatoms. The molecule has 0 amide bonds. The molecule has 0 spiro atoms. The Hall–Kier alpha value is -6.50. The van der Waals surface area contributed by atoms with Crippen LogP contribution in [0, 0.1) is 0 Å². The van der Waals surface area contributed by atoms with E-state index in [-0.39, 0.29) is 0 Å². The third-order valence-corrected chi connectivity index (χ3v) is 10.4.